The van der Waals surface area contributed by atoms with E-state index in [4.69, 9.17) is 0 Å². The zero-order valence-corrected chi connectivity index (χ0v) is 13.2. The molecular weight excluding hydrogens is 244 g/mol. The zero-order chi connectivity index (χ0) is 14.0. The summed E-state index contributed by atoms with van der Waals surface area (Å²) < 4.78 is 0. The molecule has 0 unspecified atom stereocenters. The summed E-state index contributed by atoms with van der Waals surface area (Å²) >= 11 is 0. The number of rotatable bonds is 0. The molecule has 0 aromatic rings. The smallest absolute Gasteiger partial charge is 0.0577 e. The topological polar surface area (TPSA) is 20.2 Å². The van der Waals surface area contributed by atoms with Gasteiger partial charge < -0.3 is 5.11 Å². The molecule has 4 aliphatic carbocycles. The van der Waals surface area contributed by atoms with Gasteiger partial charge in [-0.3, -0.25) is 0 Å². The molecule has 112 valence electrons. The van der Waals surface area contributed by atoms with E-state index in [0.717, 1.165) is 30.6 Å². The lowest BCUT2D eigenvalue weighted by molar-refractivity contribution is -0.0360. The van der Waals surface area contributed by atoms with Crippen molar-refractivity contribution in [1.29, 1.82) is 0 Å². The third-order valence-corrected chi connectivity index (χ3v) is 7.86. The number of aliphatic hydroxyl groups is 1. The van der Waals surface area contributed by atoms with Crippen molar-refractivity contribution in [1.82, 2.24) is 0 Å². The normalized spacial score (nSPS) is 54.6. The molecule has 0 spiro atoms. The molecule has 0 aromatic heterocycles. The van der Waals surface area contributed by atoms with Gasteiger partial charge in [-0.2, -0.15) is 0 Å². The van der Waals surface area contributed by atoms with Crippen molar-refractivity contribution >= 4 is 0 Å². The van der Waals surface area contributed by atoms with Gasteiger partial charge in [0.1, 0.15) is 0 Å². The molecule has 20 heavy (non-hydrogen) atoms. The minimum absolute atomic E-state index is 0.0637. The molecule has 0 radical (unpaired) electrons. The fourth-order valence-electron chi connectivity index (χ4n) is 6.63. The molecular formula is C19H30O. The maximum Gasteiger partial charge on any atom is 0.0577 e. The summed E-state index contributed by atoms with van der Waals surface area (Å²) in [4.78, 5) is 0. The van der Waals surface area contributed by atoms with Crippen molar-refractivity contribution < 1.29 is 5.11 Å². The minimum atomic E-state index is -0.0637. The lowest BCUT2D eigenvalue weighted by Gasteiger charge is -2.57. The Hall–Kier alpha value is -0.300. The Labute approximate surface area is 123 Å². The largest absolute Gasteiger partial charge is 0.393 e. The van der Waals surface area contributed by atoms with Gasteiger partial charge >= 0.3 is 0 Å². The van der Waals surface area contributed by atoms with Crippen LogP contribution in [0.3, 0.4) is 0 Å². The maximum absolute atomic E-state index is 10.0. The summed E-state index contributed by atoms with van der Waals surface area (Å²) in [6.45, 7) is 5.10. The first kappa shape index (κ1) is 13.4. The second kappa shape index (κ2) is 4.35. The number of aliphatic hydroxyl groups excluding tert-OH is 1. The highest BCUT2D eigenvalue weighted by molar-refractivity contribution is 5.25. The quantitative estimate of drug-likeness (QED) is 0.635. The summed E-state index contributed by atoms with van der Waals surface area (Å²) in [5.74, 6) is 2.84. The highest BCUT2D eigenvalue weighted by Gasteiger charge is 2.55. The number of fused-ring (bicyclic) bond motifs is 5. The molecule has 0 aromatic carbocycles. The van der Waals surface area contributed by atoms with E-state index >= 15 is 0 Å². The fraction of sp³-hybridized carbons (Fsp3) is 0.895. The van der Waals surface area contributed by atoms with Gasteiger partial charge in [0.25, 0.3) is 0 Å². The standard InChI is InChI=1S/C19H30O/c1-18-9-3-4-16(18)15-6-5-13-12-14(20)7-11-19(13,2)17(15)8-10-18/h5,14-17,20H,3-4,6-12H2,1-2H3/t14-,15+,16+,17+,18+,19+/m1/s1. The molecule has 4 aliphatic rings. The molecule has 4 rings (SSSR count). The number of hydrogen-bond donors (Lipinski definition) is 1. The second-order valence-corrected chi connectivity index (χ2v) is 8.74. The molecule has 3 fully saturated rings. The van der Waals surface area contributed by atoms with Gasteiger partial charge in [-0.25, -0.2) is 0 Å². The van der Waals surface area contributed by atoms with E-state index in [1.807, 2.05) is 0 Å². The number of allylic oxidation sites excluding steroid dienone is 1. The molecule has 1 nitrogen and oxygen atoms in total. The van der Waals surface area contributed by atoms with E-state index in [2.05, 4.69) is 19.9 Å². The Morgan fingerprint density at radius 2 is 1.90 bits per heavy atom. The molecule has 1 N–H and O–H groups in total. The van der Waals surface area contributed by atoms with Crippen molar-refractivity contribution in [3.05, 3.63) is 11.6 Å². The van der Waals surface area contributed by atoms with Crippen LogP contribution in [-0.2, 0) is 0 Å². The SMILES string of the molecule is C[C@@]12CCC[C@H]1[C@@H]1CC=C3C[C@H](O)CC[C@]3(C)[C@H]1CC2. The van der Waals surface area contributed by atoms with Crippen LogP contribution in [0, 0.1) is 28.6 Å². The van der Waals surface area contributed by atoms with Crippen molar-refractivity contribution in [2.24, 2.45) is 28.6 Å². The predicted molar refractivity (Wildman–Crippen MR) is 82.3 cm³/mol. The lowest BCUT2D eigenvalue weighted by Crippen LogP contribution is -2.49. The van der Waals surface area contributed by atoms with Crippen LogP contribution < -0.4 is 0 Å². The zero-order valence-electron chi connectivity index (χ0n) is 13.2. The highest BCUT2D eigenvalue weighted by atomic mass is 16.3. The van der Waals surface area contributed by atoms with E-state index in [0.29, 0.717) is 10.8 Å². The van der Waals surface area contributed by atoms with Crippen molar-refractivity contribution in [2.45, 2.75) is 77.7 Å². The van der Waals surface area contributed by atoms with Gasteiger partial charge in [-0.1, -0.05) is 31.9 Å². The Kier molecular flexibility index (Phi) is 2.91. The van der Waals surface area contributed by atoms with Gasteiger partial charge in [0, 0.05) is 0 Å². The first-order chi connectivity index (χ1) is 9.53. The van der Waals surface area contributed by atoms with Crippen LogP contribution in [0.25, 0.3) is 0 Å². The van der Waals surface area contributed by atoms with Gasteiger partial charge in [-0.05, 0) is 80.0 Å². The summed E-state index contributed by atoms with van der Waals surface area (Å²) in [7, 11) is 0. The molecule has 1 heteroatoms. The van der Waals surface area contributed by atoms with E-state index < -0.39 is 0 Å². The second-order valence-electron chi connectivity index (χ2n) is 8.74. The number of hydrogen-bond acceptors (Lipinski definition) is 1. The van der Waals surface area contributed by atoms with Crippen LogP contribution in [0.4, 0.5) is 0 Å². The van der Waals surface area contributed by atoms with E-state index in [1.165, 1.54) is 44.9 Å². The Bertz CT molecular complexity index is 439. The van der Waals surface area contributed by atoms with Gasteiger partial charge in [0.05, 0.1) is 6.10 Å². The van der Waals surface area contributed by atoms with Crippen LogP contribution >= 0.6 is 0 Å². The van der Waals surface area contributed by atoms with Crippen molar-refractivity contribution in [3.8, 4) is 0 Å². The summed E-state index contributed by atoms with van der Waals surface area (Å²) in [6, 6.07) is 0. The summed E-state index contributed by atoms with van der Waals surface area (Å²) in [5, 5.41) is 10.0. The highest BCUT2D eigenvalue weighted by Crippen LogP contribution is 2.64. The molecule has 6 atom stereocenters. The lowest BCUT2D eigenvalue weighted by atomic mass is 9.48. The summed E-state index contributed by atoms with van der Waals surface area (Å²) in [5.41, 5.74) is 2.70. The Morgan fingerprint density at radius 3 is 2.75 bits per heavy atom. The summed E-state index contributed by atoms with van der Waals surface area (Å²) in [6.07, 6.45) is 14.3. The van der Waals surface area contributed by atoms with E-state index in [-0.39, 0.29) is 6.10 Å². The molecule has 0 saturated heterocycles. The van der Waals surface area contributed by atoms with Gasteiger partial charge in [-0.15, -0.1) is 0 Å². The monoisotopic (exact) mass is 274 g/mol. The molecule has 0 amide bonds. The Morgan fingerprint density at radius 1 is 1.05 bits per heavy atom. The van der Waals surface area contributed by atoms with Crippen LogP contribution in [0.15, 0.2) is 11.6 Å². The average molecular weight is 274 g/mol. The van der Waals surface area contributed by atoms with Crippen LogP contribution in [0.5, 0.6) is 0 Å². The predicted octanol–water partition coefficient (Wildman–Crippen LogP) is 4.70. The van der Waals surface area contributed by atoms with Crippen molar-refractivity contribution in [2.75, 3.05) is 0 Å². The van der Waals surface area contributed by atoms with Gasteiger partial charge in [0.15, 0.2) is 0 Å². The molecule has 0 heterocycles. The molecule has 0 bridgehead atoms. The fourth-order valence-corrected chi connectivity index (χ4v) is 6.63. The van der Waals surface area contributed by atoms with Gasteiger partial charge in [0.2, 0.25) is 0 Å². The molecule has 0 aliphatic heterocycles. The van der Waals surface area contributed by atoms with Crippen LogP contribution in [-0.4, -0.2) is 11.2 Å². The van der Waals surface area contributed by atoms with Crippen LogP contribution in [0.1, 0.15) is 71.6 Å². The third kappa shape index (κ3) is 1.71. The van der Waals surface area contributed by atoms with Crippen molar-refractivity contribution in [3.63, 3.8) is 0 Å². The maximum atomic E-state index is 10.0. The minimum Gasteiger partial charge on any atom is -0.393 e. The average Bonchev–Trinajstić information content (AvgIpc) is 2.81. The first-order valence-corrected chi connectivity index (χ1v) is 8.90. The third-order valence-electron chi connectivity index (χ3n) is 7.86. The first-order valence-electron chi connectivity index (χ1n) is 8.90. The van der Waals surface area contributed by atoms with E-state index in [9.17, 15) is 5.11 Å². The van der Waals surface area contributed by atoms with Crippen LogP contribution in [0.2, 0.25) is 0 Å². The van der Waals surface area contributed by atoms with E-state index in [1.54, 1.807) is 5.57 Å². The Balaban J connectivity index is 1.68. The molecule has 3 saturated carbocycles.